The van der Waals surface area contributed by atoms with Crippen molar-refractivity contribution >= 4 is 6.47 Å². The molecule has 0 spiro atoms. The summed E-state index contributed by atoms with van der Waals surface area (Å²) < 4.78 is 0. The van der Waals surface area contributed by atoms with Gasteiger partial charge in [0.15, 0.2) is 0 Å². The molecule has 0 aromatic carbocycles. The average molecular weight is 184 g/mol. The molecule has 0 saturated heterocycles. The molecule has 0 fully saturated rings. The molecule has 21 valence electrons. The molecule has 0 amide bonds. The Hall–Kier alpha value is 0.665. The van der Waals surface area contributed by atoms with Crippen molar-refractivity contribution in [2.75, 3.05) is 0 Å². The summed E-state index contributed by atoms with van der Waals surface area (Å²) in [5.74, 6) is 0. The van der Waals surface area contributed by atoms with E-state index < -0.39 is 0 Å². The van der Waals surface area contributed by atoms with Crippen LogP contribution in [0, 0.1) is 35.6 Å². The van der Waals surface area contributed by atoms with E-state index >= 15 is 0 Å². The molecule has 1 N–H and O–H groups in total. The molecule has 0 heterocycles. The molecule has 0 aliphatic heterocycles. The quantitative estimate of drug-likeness (QED) is 0.520. The largest absolute Gasteiger partial charge is 0.665 e. The van der Waals surface area contributed by atoms with Crippen LogP contribution in [-0.2, 0) is 4.79 Å². The van der Waals surface area contributed by atoms with Gasteiger partial charge in [-0.3, -0.25) is 0 Å². The zero-order chi connectivity index (χ0) is 2.71. The van der Waals surface area contributed by atoms with Crippen molar-refractivity contribution in [3.8, 4) is 0 Å². The molecule has 0 rings (SSSR count). The maximum atomic E-state index is 8.24. The van der Waals surface area contributed by atoms with Gasteiger partial charge in [0.05, 0.1) is 0 Å². The predicted molar refractivity (Wildman–Crippen MR) is 8.32 cm³/mol. The van der Waals surface area contributed by atoms with Gasteiger partial charge in [-0.05, 0) is 0 Å². The van der Waals surface area contributed by atoms with Crippen molar-refractivity contribution in [3.05, 3.63) is 0 Å². The van der Waals surface area contributed by atoms with Crippen LogP contribution in [0.3, 0.4) is 0 Å². The third kappa shape index (κ3) is 16.7. The maximum absolute atomic E-state index is 8.24. The second-order valence-corrected chi connectivity index (χ2v) is 0.0913. The molecule has 0 aromatic heterocycles. The van der Waals surface area contributed by atoms with Gasteiger partial charge < -0.3 is 9.90 Å². The molecule has 3 heteroatoms. The molecule has 0 saturated carbocycles. The summed E-state index contributed by atoms with van der Waals surface area (Å²) in [6.07, 6.45) is 0. The molecule has 0 aromatic rings. The van der Waals surface area contributed by atoms with Crippen LogP contribution in [0.25, 0.3) is 0 Å². The summed E-state index contributed by atoms with van der Waals surface area (Å²) in [5, 5.41) is 6.76. The Kier molecular flexibility index (Phi) is 20.7. The summed E-state index contributed by atoms with van der Waals surface area (Å²) in [6, 6.07) is 0. The number of rotatable bonds is 0. The van der Waals surface area contributed by atoms with Gasteiger partial charge in [-0.2, -0.15) is 0 Å². The standard InChI is InChI=1S/CHO2.La/c2-1-3;/h(H,2,3);/q-1;. The van der Waals surface area contributed by atoms with Crippen LogP contribution in [0.5, 0.6) is 0 Å². The van der Waals surface area contributed by atoms with Gasteiger partial charge in [0.1, 0.15) is 0 Å². The molecule has 4 heavy (non-hydrogen) atoms. The first-order chi connectivity index (χ1) is 1.41. The average Bonchev–Trinajstić information content (AvgIpc) is 0.918. The fourth-order valence-electron chi connectivity index (χ4n) is 0. The Morgan fingerprint density at radius 2 is 1.75 bits per heavy atom. The molecular formula is CHLaO2-. The van der Waals surface area contributed by atoms with Crippen LogP contribution in [0.2, 0.25) is 0 Å². The van der Waals surface area contributed by atoms with E-state index in [0.29, 0.717) is 6.47 Å². The second kappa shape index (κ2) is 9.39. The smallest absolute Gasteiger partial charge is 0 e. The van der Waals surface area contributed by atoms with Gasteiger partial charge in [-0.25, -0.2) is 0 Å². The minimum Gasteiger partial charge on any atom is -0.665 e. The molecule has 1 radical (unpaired) electrons. The van der Waals surface area contributed by atoms with Crippen LogP contribution < -0.4 is 0 Å². The van der Waals surface area contributed by atoms with Crippen LogP contribution in [0.1, 0.15) is 0 Å². The third-order valence-corrected chi connectivity index (χ3v) is 0. The van der Waals surface area contributed by atoms with E-state index in [-0.39, 0.29) is 35.6 Å². The van der Waals surface area contributed by atoms with Crippen molar-refractivity contribution in [2.24, 2.45) is 0 Å². The monoisotopic (exact) mass is 184 g/mol. The minimum atomic E-state index is 0. The SMILES string of the molecule is O=[C-]O.[La]. The normalized spacial score (nSPS) is 3.00. The first kappa shape index (κ1) is 8.82. The van der Waals surface area contributed by atoms with Crippen molar-refractivity contribution < 1.29 is 45.5 Å². The van der Waals surface area contributed by atoms with Crippen LogP contribution in [0.4, 0.5) is 0 Å². The van der Waals surface area contributed by atoms with E-state index in [4.69, 9.17) is 9.90 Å². The van der Waals surface area contributed by atoms with E-state index in [1.807, 2.05) is 0 Å². The van der Waals surface area contributed by atoms with E-state index in [1.54, 1.807) is 0 Å². The van der Waals surface area contributed by atoms with Gasteiger partial charge in [-0.1, -0.05) is 6.47 Å². The van der Waals surface area contributed by atoms with Crippen molar-refractivity contribution in [1.82, 2.24) is 0 Å². The van der Waals surface area contributed by atoms with Gasteiger partial charge in [0, 0.05) is 35.6 Å². The van der Waals surface area contributed by atoms with Crippen LogP contribution in [0.15, 0.2) is 0 Å². The molecule has 0 atom stereocenters. The van der Waals surface area contributed by atoms with Crippen LogP contribution in [-0.4, -0.2) is 11.6 Å². The molecule has 0 bridgehead atoms. The van der Waals surface area contributed by atoms with Gasteiger partial charge in [0.2, 0.25) is 0 Å². The van der Waals surface area contributed by atoms with Gasteiger partial charge >= 0.3 is 0 Å². The molecule has 0 aliphatic rings. The summed E-state index contributed by atoms with van der Waals surface area (Å²) in [6.45, 7) is 0.500. The van der Waals surface area contributed by atoms with E-state index in [2.05, 4.69) is 0 Å². The maximum Gasteiger partial charge on any atom is 0 e. The third-order valence-electron chi connectivity index (χ3n) is 0. The topological polar surface area (TPSA) is 37.3 Å². The zero-order valence-electron chi connectivity index (χ0n) is 1.93. The van der Waals surface area contributed by atoms with Crippen molar-refractivity contribution in [3.63, 3.8) is 0 Å². The first-order valence-corrected chi connectivity index (χ1v) is 0.428. The predicted octanol–water partition coefficient (Wildman–Crippen LogP) is -0.388. The number of aliphatic hydroxyl groups excluding tert-OH is 1. The Balaban J connectivity index is 0. The minimum absolute atomic E-state index is 0. The summed E-state index contributed by atoms with van der Waals surface area (Å²) >= 11 is 0. The Morgan fingerprint density at radius 3 is 1.75 bits per heavy atom. The Labute approximate surface area is 51.8 Å². The number of hydrogen-bond acceptors (Lipinski definition) is 1. The van der Waals surface area contributed by atoms with Gasteiger partial charge in [0.25, 0.3) is 0 Å². The van der Waals surface area contributed by atoms with E-state index in [9.17, 15) is 0 Å². The Morgan fingerprint density at radius 1 is 1.75 bits per heavy atom. The van der Waals surface area contributed by atoms with Gasteiger partial charge in [-0.15, -0.1) is 0 Å². The molecule has 0 unspecified atom stereocenters. The van der Waals surface area contributed by atoms with E-state index in [1.165, 1.54) is 0 Å². The van der Waals surface area contributed by atoms with Crippen molar-refractivity contribution in [1.29, 1.82) is 0 Å². The molecule has 0 aliphatic carbocycles. The van der Waals surface area contributed by atoms with E-state index in [0.717, 1.165) is 0 Å². The van der Waals surface area contributed by atoms with Crippen LogP contribution >= 0.6 is 0 Å². The first-order valence-electron chi connectivity index (χ1n) is 0.428. The molecule has 2 nitrogen and oxygen atoms in total. The van der Waals surface area contributed by atoms with Crippen molar-refractivity contribution in [2.45, 2.75) is 0 Å². The summed E-state index contributed by atoms with van der Waals surface area (Å²) in [7, 11) is 0. The fourth-order valence-corrected chi connectivity index (χ4v) is 0. The second-order valence-electron chi connectivity index (χ2n) is 0.0913. The Bertz CT molecular complexity index is 13.5. The summed E-state index contributed by atoms with van der Waals surface area (Å²) in [5.41, 5.74) is 0. The fraction of sp³-hybridized carbons (Fsp3) is 0. The molecular weight excluding hydrogens is 183 g/mol. The zero-order valence-corrected chi connectivity index (χ0v) is 5.56. The number of hydrogen-bond donors (Lipinski definition) is 1. The summed E-state index contributed by atoms with van der Waals surface area (Å²) in [4.78, 5) is 8.24.